The van der Waals surface area contributed by atoms with Gasteiger partial charge in [0.25, 0.3) is 0 Å². The van der Waals surface area contributed by atoms with Gasteiger partial charge in [0.05, 0.1) is 0 Å². The molecular formula is C22H20N2O3. The highest BCUT2D eigenvalue weighted by molar-refractivity contribution is 6.12. The zero-order valence-electron chi connectivity index (χ0n) is 15.5. The van der Waals surface area contributed by atoms with E-state index in [1.54, 1.807) is 30.3 Å². The summed E-state index contributed by atoms with van der Waals surface area (Å²) in [5.74, 6) is 0.422. The Balaban J connectivity index is 1.79. The van der Waals surface area contributed by atoms with Gasteiger partial charge in [-0.3, -0.25) is 0 Å². The van der Waals surface area contributed by atoms with Crippen molar-refractivity contribution in [2.75, 3.05) is 6.61 Å². The first-order valence-corrected chi connectivity index (χ1v) is 8.60. The van der Waals surface area contributed by atoms with Crippen LogP contribution in [0.3, 0.4) is 0 Å². The summed E-state index contributed by atoms with van der Waals surface area (Å²) in [7, 11) is 0. The maximum atomic E-state index is 12.1. The van der Waals surface area contributed by atoms with E-state index in [1.807, 2.05) is 30.3 Å². The Morgan fingerprint density at radius 3 is 2.37 bits per heavy atom. The van der Waals surface area contributed by atoms with Crippen molar-refractivity contribution in [2.24, 2.45) is 4.99 Å². The van der Waals surface area contributed by atoms with Gasteiger partial charge in [-0.2, -0.15) is 5.26 Å². The largest absolute Gasteiger partial charge is 0.479 e. The Morgan fingerprint density at radius 1 is 1.11 bits per heavy atom. The third-order valence-corrected chi connectivity index (χ3v) is 4.11. The molecule has 5 heteroatoms. The molecule has 0 aromatic heterocycles. The fourth-order valence-corrected chi connectivity index (χ4v) is 2.58. The molecule has 0 atom stereocenters. The van der Waals surface area contributed by atoms with Gasteiger partial charge in [0.2, 0.25) is 5.90 Å². The van der Waals surface area contributed by atoms with Crippen LogP contribution in [0.4, 0.5) is 0 Å². The SMILES string of the molecule is CC(C)(C)c1ccc(C2=N/C(=C\c3ccc(OCC#N)cc3)C(=O)O2)cc1. The molecule has 1 heterocycles. The molecule has 3 rings (SSSR count). The zero-order chi connectivity index (χ0) is 19.4. The van der Waals surface area contributed by atoms with Gasteiger partial charge >= 0.3 is 5.97 Å². The van der Waals surface area contributed by atoms with E-state index >= 15 is 0 Å². The maximum Gasteiger partial charge on any atom is 0.363 e. The number of nitriles is 1. The van der Waals surface area contributed by atoms with Crippen LogP contribution in [0, 0.1) is 11.3 Å². The molecule has 0 amide bonds. The quantitative estimate of drug-likeness (QED) is 0.604. The smallest absolute Gasteiger partial charge is 0.363 e. The number of carbonyl (C=O) groups excluding carboxylic acids is 1. The van der Waals surface area contributed by atoms with Crippen LogP contribution in [-0.4, -0.2) is 18.5 Å². The second-order valence-electron chi connectivity index (χ2n) is 7.18. The molecule has 1 aliphatic rings. The predicted octanol–water partition coefficient (Wildman–Crippen LogP) is 4.23. The second-order valence-corrected chi connectivity index (χ2v) is 7.18. The number of benzene rings is 2. The average Bonchev–Trinajstić information content (AvgIpc) is 3.01. The third kappa shape index (κ3) is 4.42. The lowest BCUT2D eigenvalue weighted by Crippen LogP contribution is -2.11. The van der Waals surface area contributed by atoms with Crippen LogP contribution in [0.25, 0.3) is 6.08 Å². The van der Waals surface area contributed by atoms with Crippen LogP contribution < -0.4 is 4.74 Å². The number of aliphatic imine (C=N–C) groups is 1. The Kier molecular flexibility index (Phi) is 5.09. The zero-order valence-corrected chi connectivity index (χ0v) is 15.5. The van der Waals surface area contributed by atoms with Crippen LogP contribution in [0.1, 0.15) is 37.5 Å². The number of rotatable bonds is 4. The maximum absolute atomic E-state index is 12.1. The summed E-state index contributed by atoms with van der Waals surface area (Å²) in [6.07, 6.45) is 1.66. The van der Waals surface area contributed by atoms with Gasteiger partial charge in [-0.05, 0) is 46.9 Å². The van der Waals surface area contributed by atoms with Crippen molar-refractivity contribution in [3.63, 3.8) is 0 Å². The van der Waals surface area contributed by atoms with E-state index < -0.39 is 5.97 Å². The number of hydrogen-bond acceptors (Lipinski definition) is 5. The van der Waals surface area contributed by atoms with Crippen LogP contribution in [-0.2, 0) is 14.9 Å². The molecule has 1 aliphatic heterocycles. The number of carbonyl (C=O) groups is 1. The first-order valence-electron chi connectivity index (χ1n) is 8.60. The van der Waals surface area contributed by atoms with Gasteiger partial charge < -0.3 is 9.47 Å². The minimum absolute atomic E-state index is 0.00554. The van der Waals surface area contributed by atoms with Gasteiger partial charge in [-0.15, -0.1) is 0 Å². The average molecular weight is 360 g/mol. The Morgan fingerprint density at radius 2 is 1.78 bits per heavy atom. The van der Waals surface area contributed by atoms with Gasteiger partial charge in [0.15, 0.2) is 12.3 Å². The third-order valence-electron chi connectivity index (χ3n) is 4.11. The first-order chi connectivity index (χ1) is 12.9. The van der Waals surface area contributed by atoms with E-state index in [0.29, 0.717) is 11.6 Å². The van der Waals surface area contributed by atoms with Crippen LogP contribution in [0.5, 0.6) is 5.75 Å². The molecule has 0 saturated carbocycles. The normalized spacial score (nSPS) is 15.3. The highest BCUT2D eigenvalue weighted by atomic mass is 16.6. The van der Waals surface area contributed by atoms with Crippen molar-refractivity contribution in [1.82, 2.24) is 0 Å². The van der Waals surface area contributed by atoms with Crippen molar-refractivity contribution in [1.29, 1.82) is 5.26 Å². The Bertz CT molecular complexity index is 941. The second kappa shape index (κ2) is 7.46. The molecule has 0 fully saturated rings. The standard InChI is InChI=1S/C22H20N2O3/c1-22(2,3)17-8-6-16(7-9-17)20-24-19(21(25)27-20)14-15-4-10-18(11-5-15)26-13-12-23/h4-11,14H,13H2,1-3H3/b19-14-. The number of ether oxygens (including phenoxy) is 2. The topological polar surface area (TPSA) is 71.7 Å². The highest BCUT2D eigenvalue weighted by Crippen LogP contribution is 2.24. The molecular weight excluding hydrogens is 340 g/mol. The molecule has 2 aromatic rings. The van der Waals surface area contributed by atoms with Crippen LogP contribution >= 0.6 is 0 Å². The number of cyclic esters (lactones) is 1. The molecule has 0 aliphatic carbocycles. The number of nitrogens with zero attached hydrogens (tertiary/aromatic N) is 2. The van der Waals surface area contributed by atoms with Crippen molar-refractivity contribution < 1.29 is 14.3 Å². The van der Waals surface area contributed by atoms with Crippen molar-refractivity contribution >= 4 is 17.9 Å². The summed E-state index contributed by atoms with van der Waals surface area (Å²) < 4.78 is 10.5. The summed E-state index contributed by atoms with van der Waals surface area (Å²) >= 11 is 0. The summed E-state index contributed by atoms with van der Waals surface area (Å²) in [5.41, 5.74) is 3.06. The first kappa shape index (κ1) is 18.4. The Hall–Kier alpha value is -3.39. The number of esters is 1. The summed E-state index contributed by atoms with van der Waals surface area (Å²) in [6.45, 7) is 6.43. The minimum atomic E-state index is -0.477. The fraction of sp³-hybridized carbons (Fsp3) is 0.227. The molecule has 2 aromatic carbocycles. The molecule has 0 N–H and O–H groups in total. The van der Waals surface area contributed by atoms with E-state index in [-0.39, 0.29) is 17.7 Å². The van der Waals surface area contributed by atoms with Gasteiger partial charge in [-0.1, -0.05) is 45.0 Å². The lowest BCUT2D eigenvalue weighted by atomic mass is 9.87. The molecule has 0 radical (unpaired) electrons. The van der Waals surface area contributed by atoms with Gasteiger partial charge in [-0.25, -0.2) is 9.79 Å². The van der Waals surface area contributed by atoms with Crippen LogP contribution in [0.2, 0.25) is 0 Å². The van der Waals surface area contributed by atoms with Crippen molar-refractivity contribution in [2.45, 2.75) is 26.2 Å². The lowest BCUT2D eigenvalue weighted by Gasteiger charge is -2.18. The van der Waals surface area contributed by atoms with Gasteiger partial charge in [0.1, 0.15) is 11.8 Å². The highest BCUT2D eigenvalue weighted by Gasteiger charge is 2.24. The Labute approximate surface area is 158 Å². The van der Waals surface area contributed by atoms with E-state index in [2.05, 4.69) is 25.8 Å². The molecule has 136 valence electrons. The molecule has 0 spiro atoms. The lowest BCUT2D eigenvalue weighted by molar-refractivity contribution is -0.129. The van der Waals surface area contributed by atoms with Crippen LogP contribution in [0.15, 0.2) is 59.2 Å². The molecule has 27 heavy (non-hydrogen) atoms. The molecule has 0 unspecified atom stereocenters. The van der Waals surface area contributed by atoms with E-state index in [1.165, 1.54) is 5.56 Å². The molecule has 5 nitrogen and oxygen atoms in total. The summed E-state index contributed by atoms with van der Waals surface area (Å²) in [4.78, 5) is 16.5. The summed E-state index contributed by atoms with van der Waals surface area (Å²) in [5, 5.41) is 8.52. The van der Waals surface area contributed by atoms with E-state index in [0.717, 1.165) is 11.1 Å². The predicted molar refractivity (Wildman–Crippen MR) is 103 cm³/mol. The fourth-order valence-electron chi connectivity index (χ4n) is 2.58. The van der Waals surface area contributed by atoms with Crippen molar-refractivity contribution in [3.8, 4) is 11.8 Å². The molecule has 0 saturated heterocycles. The monoisotopic (exact) mass is 360 g/mol. The van der Waals surface area contributed by atoms with E-state index in [4.69, 9.17) is 14.7 Å². The minimum Gasteiger partial charge on any atom is -0.479 e. The van der Waals surface area contributed by atoms with Gasteiger partial charge in [0, 0.05) is 5.56 Å². The van der Waals surface area contributed by atoms with E-state index in [9.17, 15) is 4.79 Å². The summed E-state index contributed by atoms with van der Waals surface area (Å²) in [6, 6.07) is 16.8. The van der Waals surface area contributed by atoms with Crippen molar-refractivity contribution in [3.05, 3.63) is 70.9 Å². The molecule has 0 bridgehead atoms. The number of hydrogen-bond donors (Lipinski definition) is 0.